The van der Waals surface area contributed by atoms with Gasteiger partial charge in [0, 0.05) is 0 Å². The molecule has 2 aromatic carbocycles. The number of aryl methyl sites for hydroxylation is 1. The van der Waals surface area contributed by atoms with Gasteiger partial charge in [0.25, 0.3) is 10.1 Å². The minimum atomic E-state index is -4.51. The molecule has 0 saturated carbocycles. The van der Waals surface area contributed by atoms with Crippen LogP contribution in [-0.4, -0.2) is 13.0 Å². The van der Waals surface area contributed by atoms with Gasteiger partial charge in [-0.15, -0.1) is 0 Å². The Bertz CT molecular complexity index is 819. The van der Waals surface area contributed by atoms with Crippen molar-refractivity contribution in [2.45, 2.75) is 63.2 Å². The van der Waals surface area contributed by atoms with E-state index < -0.39 is 20.8 Å². The first-order valence-corrected chi connectivity index (χ1v) is 10.9. The molecule has 5 nitrogen and oxygen atoms in total. The Morgan fingerprint density at radius 2 is 1.46 bits per heavy atom. The Kier molecular flexibility index (Phi) is 11.2. The zero-order chi connectivity index (χ0) is 19.7. The molecular formula is C21H27NaO5S. The van der Waals surface area contributed by atoms with E-state index in [2.05, 4.69) is 6.92 Å². The number of ether oxygens (including phenoxy) is 1. The van der Waals surface area contributed by atoms with Crippen LogP contribution in [0.4, 0.5) is 0 Å². The molecule has 0 aliphatic carbocycles. The third-order valence-electron chi connectivity index (χ3n) is 4.42. The van der Waals surface area contributed by atoms with E-state index in [4.69, 9.17) is 9.29 Å². The third kappa shape index (κ3) is 8.53. The van der Waals surface area contributed by atoms with Crippen LogP contribution in [0.3, 0.4) is 0 Å². The summed E-state index contributed by atoms with van der Waals surface area (Å²) < 4.78 is 36.6. The van der Waals surface area contributed by atoms with Crippen molar-refractivity contribution in [1.29, 1.82) is 0 Å². The van der Waals surface area contributed by atoms with E-state index in [-0.39, 0.29) is 35.3 Å². The topological polar surface area (TPSA) is 86.7 Å². The molecule has 0 aromatic heterocycles. The van der Waals surface area contributed by atoms with E-state index in [9.17, 15) is 13.5 Å². The Morgan fingerprint density at radius 1 is 0.893 bits per heavy atom. The molecule has 0 spiro atoms. The van der Waals surface area contributed by atoms with E-state index in [0.717, 1.165) is 18.6 Å². The first-order valence-electron chi connectivity index (χ1n) is 9.45. The van der Waals surface area contributed by atoms with Crippen molar-refractivity contribution in [2.24, 2.45) is 0 Å². The normalized spacial score (nSPS) is 11.1. The predicted molar refractivity (Wildman–Crippen MR) is 104 cm³/mol. The van der Waals surface area contributed by atoms with Crippen LogP contribution in [0.5, 0.6) is 17.2 Å². The zero-order valence-electron chi connectivity index (χ0n) is 16.7. The van der Waals surface area contributed by atoms with Crippen LogP contribution in [0.15, 0.2) is 47.4 Å². The van der Waals surface area contributed by atoms with Gasteiger partial charge >= 0.3 is 29.6 Å². The molecule has 0 unspecified atom stereocenters. The molecule has 0 heterocycles. The van der Waals surface area contributed by atoms with Crippen LogP contribution in [0, 0.1) is 0 Å². The molecule has 0 aliphatic rings. The summed E-state index contributed by atoms with van der Waals surface area (Å²) in [5.41, 5.74) is 1.24. The van der Waals surface area contributed by atoms with E-state index in [1.807, 2.05) is 24.3 Å². The maximum absolute atomic E-state index is 11.7. The summed E-state index contributed by atoms with van der Waals surface area (Å²) in [4.78, 5) is -0.653. The largest absolute Gasteiger partial charge is 1.00 e. The molecule has 28 heavy (non-hydrogen) atoms. The molecule has 148 valence electrons. The summed E-state index contributed by atoms with van der Waals surface area (Å²) in [5.74, 6) is -0.00453. The molecule has 0 amide bonds. The Labute approximate surface area is 190 Å². The smallest absolute Gasteiger partial charge is 0.871 e. The summed E-state index contributed by atoms with van der Waals surface area (Å²) in [7, 11) is -4.51. The molecule has 0 saturated heterocycles. The van der Waals surface area contributed by atoms with E-state index >= 15 is 0 Å². The maximum atomic E-state index is 11.7. The van der Waals surface area contributed by atoms with Crippen LogP contribution < -0.4 is 39.4 Å². The molecule has 0 atom stereocenters. The monoisotopic (exact) mass is 414 g/mol. The number of benzene rings is 2. The molecular weight excluding hydrogens is 387 g/mol. The Balaban J connectivity index is 0.00000392. The van der Waals surface area contributed by atoms with Crippen molar-refractivity contribution in [3.63, 3.8) is 0 Å². The maximum Gasteiger partial charge on any atom is 1.00 e. The van der Waals surface area contributed by atoms with Crippen molar-refractivity contribution in [3.8, 4) is 17.2 Å². The van der Waals surface area contributed by atoms with E-state index in [1.54, 1.807) is 0 Å². The number of rotatable bonds is 11. The zero-order valence-corrected chi connectivity index (χ0v) is 19.5. The van der Waals surface area contributed by atoms with Crippen LogP contribution in [0.25, 0.3) is 0 Å². The van der Waals surface area contributed by atoms with Crippen LogP contribution in [0.1, 0.15) is 57.4 Å². The second-order valence-corrected chi connectivity index (χ2v) is 8.09. The second-order valence-electron chi connectivity index (χ2n) is 6.70. The fourth-order valence-corrected chi connectivity index (χ4v) is 3.46. The SMILES string of the molecule is CCCCCCCCCc1ccc(Oc2ccc(S(=O)(=O)O)c([O-])c2)cc1.[Na+]. The average Bonchev–Trinajstić information content (AvgIpc) is 2.61. The summed E-state index contributed by atoms with van der Waals surface area (Å²) >= 11 is 0. The molecule has 7 heteroatoms. The minimum absolute atomic E-state index is 0. The number of unbranched alkanes of at least 4 members (excludes halogenated alkanes) is 6. The molecule has 2 aromatic rings. The number of hydrogen-bond donors (Lipinski definition) is 1. The second kappa shape index (κ2) is 12.5. The molecule has 0 radical (unpaired) electrons. The third-order valence-corrected chi connectivity index (χ3v) is 5.31. The van der Waals surface area contributed by atoms with Gasteiger partial charge in [0.15, 0.2) is 0 Å². The van der Waals surface area contributed by atoms with Gasteiger partial charge in [-0.3, -0.25) is 4.55 Å². The van der Waals surface area contributed by atoms with Crippen LogP contribution >= 0.6 is 0 Å². The standard InChI is InChI=1S/C21H28O5S.Na/c1-2-3-4-5-6-7-8-9-17-10-12-18(13-11-17)26-19-14-15-21(20(22)16-19)27(23,24)25;/h10-16,22H,2-9H2,1H3,(H,23,24,25);/q;+1/p-1. The summed E-state index contributed by atoms with van der Waals surface area (Å²) in [6, 6.07) is 11.1. The average molecular weight is 414 g/mol. The van der Waals surface area contributed by atoms with Gasteiger partial charge in [-0.25, -0.2) is 0 Å². The first-order chi connectivity index (χ1) is 12.9. The first kappa shape index (κ1) is 25.0. The molecule has 0 bridgehead atoms. The van der Waals surface area contributed by atoms with Gasteiger partial charge < -0.3 is 9.84 Å². The van der Waals surface area contributed by atoms with Crippen molar-refractivity contribution < 1.29 is 52.4 Å². The van der Waals surface area contributed by atoms with Crippen molar-refractivity contribution >= 4 is 10.1 Å². The predicted octanol–water partition coefficient (Wildman–Crippen LogP) is 2.10. The fraction of sp³-hybridized carbons (Fsp3) is 0.429. The van der Waals surface area contributed by atoms with Gasteiger partial charge in [-0.1, -0.05) is 63.3 Å². The van der Waals surface area contributed by atoms with Crippen molar-refractivity contribution in [3.05, 3.63) is 48.0 Å². The van der Waals surface area contributed by atoms with E-state index in [0.29, 0.717) is 5.75 Å². The summed E-state index contributed by atoms with van der Waals surface area (Å²) in [6.07, 6.45) is 9.98. The van der Waals surface area contributed by atoms with Gasteiger partial charge in [-0.2, -0.15) is 8.42 Å². The van der Waals surface area contributed by atoms with Gasteiger partial charge in [0.05, 0.1) is 4.90 Å². The molecule has 0 aliphatic heterocycles. The molecule has 0 fully saturated rings. The minimum Gasteiger partial charge on any atom is -0.871 e. The quantitative estimate of drug-likeness (QED) is 0.346. The summed E-state index contributed by atoms with van der Waals surface area (Å²) in [5, 5.41) is 11.7. The number of hydrogen-bond acceptors (Lipinski definition) is 4. The van der Waals surface area contributed by atoms with Gasteiger partial charge in [-0.05, 0) is 48.7 Å². The Hall–Kier alpha value is -1.05. The van der Waals surface area contributed by atoms with Gasteiger partial charge in [0.2, 0.25) is 0 Å². The van der Waals surface area contributed by atoms with Gasteiger partial charge in [0.1, 0.15) is 11.5 Å². The molecule has 2 rings (SSSR count). The van der Waals surface area contributed by atoms with Crippen molar-refractivity contribution in [1.82, 2.24) is 0 Å². The molecule has 1 N–H and O–H groups in total. The van der Waals surface area contributed by atoms with Crippen molar-refractivity contribution in [2.75, 3.05) is 0 Å². The Morgan fingerprint density at radius 3 is 2.04 bits per heavy atom. The van der Waals surface area contributed by atoms with Crippen LogP contribution in [0.2, 0.25) is 0 Å². The van der Waals surface area contributed by atoms with E-state index in [1.165, 1.54) is 56.6 Å². The van der Waals surface area contributed by atoms with Crippen LogP contribution in [-0.2, 0) is 16.5 Å². The fourth-order valence-electron chi connectivity index (χ4n) is 2.91. The summed E-state index contributed by atoms with van der Waals surface area (Å²) in [6.45, 7) is 2.22.